The van der Waals surface area contributed by atoms with Crippen LogP contribution in [0.3, 0.4) is 0 Å². The van der Waals surface area contributed by atoms with Crippen LogP contribution in [0.2, 0.25) is 0 Å². The molecule has 0 aliphatic carbocycles. The van der Waals surface area contributed by atoms with Crippen molar-refractivity contribution in [3.63, 3.8) is 0 Å². The lowest BCUT2D eigenvalue weighted by Crippen LogP contribution is -2.32. The number of hydrogen-bond acceptors (Lipinski definition) is 7. The number of nitrogens with one attached hydrogen (secondary N) is 1. The molecule has 1 unspecified atom stereocenters. The molecule has 3 aliphatic heterocycles. The summed E-state index contributed by atoms with van der Waals surface area (Å²) in [6.45, 7) is -0.571. The van der Waals surface area contributed by atoms with Crippen LogP contribution < -0.4 is 0 Å². The minimum atomic E-state index is -4.99. The van der Waals surface area contributed by atoms with E-state index in [-0.39, 0.29) is 15.9 Å². The van der Waals surface area contributed by atoms with E-state index in [1.807, 2.05) is 0 Å². The molecule has 0 aromatic heterocycles. The van der Waals surface area contributed by atoms with Crippen molar-refractivity contribution in [3.05, 3.63) is 27.9 Å². The first kappa shape index (κ1) is 18.1. The summed E-state index contributed by atoms with van der Waals surface area (Å²) >= 11 is 4.98. The Hall–Kier alpha value is -1.73. The van der Waals surface area contributed by atoms with E-state index in [0.29, 0.717) is 0 Å². The van der Waals surface area contributed by atoms with Gasteiger partial charge in [0.05, 0.1) is 6.61 Å². The summed E-state index contributed by atoms with van der Waals surface area (Å²) in [5, 5.41) is 28.9. The molecular formula is C13H11F4N3O4S. The van der Waals surface area contributed by atoms with Crippen molar-refractivity contribution < 1.29 is 37.6 Å². The van der Waals surface area contributed by atoms with Crippen LogP contribution >= 0.6 is 12.2 Å². The molecule has 3 rings (SSSR count). The van der Waals surface area contributed by atoms with Gasteiger partial charge in [0.1, 0.15) is 34.8 Å². The average Bonchev–Trinajstić information content (AvgIpc) is 2.81. The van der Waals surface area contributed by atoms with Gasteiger partial charge in [0, 0.05) is 5.56 Å². The van der Waals surface area contributed by atoms with E-state index in [1.54, 1.807) is 4.98 Å². The Labute approximate surface area is 142 Å². The van der Waals surface area contributed by atoms with Crippen molar-refractivity contribution in [1.29, 1.82) is 0 Å². The lowest BCUT2D eigenvalue weighted by Gasteiger charge is -2.17. The second-order valence-electron chi connectivity index (χ2n) is 5.41. The molecule has 0 saturated carbocycles. The second-order valence-corrected chi connectivity index (χ2v) is 5.80. The number of hydrogen-bond donors (Lipinski definition) is 4. The van der Waals surface area contributed by atoms with E-state index < -0.39 is 54.7 Å². The molecule has 25 heavy (non-hydrogen) atoms. The third-order valence-corrected chi connectivity index (χ3v) is 4.12. The maximum Gasteiger partial charge on any atom is 0.435 e. The molecule has 0 radical (unpaired) electrons. The third kappa shape index (κ3) is 3.11. The minimum absolute atomic E-state index is 0.0325. The van der Waals surface area contributed by atoms with Crippen LogP contribution in [0.1, 0.15) is 17.4 Å². The Morgan fingerprint density at radius 2 is 1.92 bits per heavy atom. The number of pyridine rings is 1. The molecule has 0 aromatic carbocycles. The first-order chi connectivity index (χ1) is 11.6. The van der Waals surface area contributed by atoms with Gasteiger partial charge in [0.2, 0.25) is 5.95 Å². The van der Waals surface area contributed by atoms with Crippen LogP contribution in [-0.2, 0) is 10.9 Å². The summed E-state index contributed by atoms with van der Waals surface area (Å²) in [5.74, 6) is -2.17. The Bertz CT molecular complexity index is 830. The number of fused-ring (bicyclic) bond motifs is 1. The number of halogens is 4. The number of rotatable bonds is 2. The fourth-order valence-electron chi connectivity index (χ4n) is 2.56. The Kier molecular flexibility index (Phi) is 4.49. The van der Waals surface area contributed by atoms with Crippen molar-refractivity contribution in [3.8, 4) is 11.5 Å². The summed E-state index contributed by atoms with van der Waals surface area (Å²) < 4.78 is 56.8. The highest BCUT2D eigenvalue weighted by molar-refractivity contribution is 7.71. The van der Waals surface area contributed by atoms with Crippen LogP contribution in [0, 0.1) is 10.6 Å². The topological polar surface area (TPSA) is 111 Å². The quantitative estimate of drug-likeness (QED) is 0.453. The highest BCUT2D eigenvalue weighted by atomic mass is 32.1. The van der Waals surface area contributed by atoms with Gasteiger partial charge in [0.25, 0.3) is 0 Å². The van der Waals surface area contributed by atoms with Crippen LogP contribution in [-0.4, -0.2) is 55.2 Å². The largest absolute Gasteiger partial charge is 0.435 e. The molecule has 3 heterocycles. The summed E-state index contributed by atoms with van der Waals surface area (Å²) in [5.41, 5.74) is -1.93. The number of H-pyrrole nitrogens is 1. The zero-order valence-electron chi connectivity index (χ0n) is 12.2. The van der Waals surface area contributed by atoms with E-state index in [2.05, 4.69) is 9.97 Å². The van der Waals surface area contributed by atoms with E-state index in [4.69, 9.17) is 22.1 Å². The highest BCUT2D eigenvalue weighted by Gasteiger charge is 2.44. The normalized spacial score (nSPS) is 27.2. The summed E-state index contributed by atoms with van der Waals surface area (Å²) in [6, 6.07) is 1.12. The predicted octanol–water partition coefficient (Wildman–Crippen LogP) is 0.951. The number of aromatic amines is 1. The van der Waals surface area contributed by atoms with E-state index in [9.17, 15) is 27.8 Å². The fourth-order valence-corrected chi connectivity index (χ4v) is 2.82. The standard InChI is InChI=1S/C13H11F4N3O4S/c14-10-9(13(15,16)17)19-11-4(18-10)1-3(12(25)20-11)8-7(23)6(22)5(2-21)24-8/h1,5-8,21-23H,2H2,(H,19,20,25)/t5-,6?,7+,8+/m1/s1. The minimum Gasteiger partial charge on any atom is -0.394 e. The second kappa shape index (κ2) is 6.21. The molecule has 7 nitrogen and oxygen atoms in total. The van der Waals surface area contributed by atoms with Crippen molar-refractivity contribution in [2.45, 2.75) is 30.6 Å². The molecule has 3 aliphatic rings. The number of ether oxygens (including phenoxy) is 1. The van der Waals surface area contributed by atoms with Gasteiger partial charge in [-0.25, -0.2) is 9.97 Å². The summed E-state index contributed by atoms with van der Waals surface area (Å²) in [7, 11) is 0. The first-order valence-corrected chi connectivity index (χ1v) is 7.34. The van der Waals surface area contributed by atoms with Crippen LogP contribution in [0.25, 0.3) is 11.5 Å². The SMILES string of the molecule is OC[C@H]1O[C@@H](c2cc3nc(F)c(C(F)(F)F)[nH]c-3nc2=S)[C@@H](O)C1O. The molecule has 1 fully saturated rings. The van der Waals surface area contributed by atoms with Crippen molar-refractivity contribution in [1.82, 2.24) is 15.0 Å². The van der Waals surface area contributed by atoms with E-state index in [0.717, 1.165) is 6.07 Å². The molecule has 4 N–H and O–H groups in total. The summed E-state index contributed by atoms with van der Waals surface area (Å²) in [6.07, 6.45) is -10.1. The van der Waals surface area contributed by atoms with Gasteiger partial charge in [-0.15, -0.1) is 0 Å². The van der Waals surface area contributed by atoms with Gasteiger partial charge in [0.15, 0.2) is 11.5 Å². The Morgan fingerprint density at radius 1 is 1.24 bits per heavy atom. The van der Waals surface area contributed by atoms with Crippen molar-refractivity contribution in [2.75, 3.05) is 6.61 Å². The van der Waals surface area contributed by atoms with Gasteiger partial charge >= 0.3 is 6.18 Å². The zero-order chi connectivity index (χ0) is 18.5. The predicted molar refractivity (Wildman–Crippen MR) is 75.5 cm³/mol. The molecule has 0 aromatic rings. The maximum atomic E-state index is 13.6. The molecule has 12 heteroatoms. The molecule has 0 amide bonds. The molecule has 0 bridgehead atoms. The number of aliphatic hydroxyl groups is 3. The Balaban J connectivity index is 2.10. The lowest BCUT2D eigenvalue weighted by molar-refractivity contribution is -0.144. The molecule has 4 atom stereocenters. The van der Waals surface area contributed by atoms with E-state index in [1.165, 1.54) is 0 Å². The molecular weight excluding hydrogens is 370 g/mol. The monoisotopic (exact) mass is 381 g/mol. The smallest absolute Gasteiger partial charge is 0.394 e. The highest BCUT2D eigenvalue weighted by Crippen LogP contribution is 2.36. The number of aliphatic hydroxyl groups excluding tert-OH is 3. The number of aromatic nitrogens is 3. The van der Waals surface area contributed by atoms with Gasteiger partial charge in [-0.1, -0.05) is 12.2 Å². The fraction of sp³-hybridized carbons (Fsp3) is 0.462. The van der Waals surface area contributed by atoms with Crippen LogP contribution in [0.15, 0.2) is 6.07 Å². The third-order valence-electron chi connectivity index (χ3n) is 3.80. The summed E-state index contributed by atoms with van der Waals surface area (Å²) in [4.78, 5) is 8.76. The van der Waals surface area contributed by atoms with Gasteiger partial charge in [-0.05, 0) is 6.07 Å². The van der Waals surface area contributed by atoms with E-state index >= 15 is 0 Å². The maximum absolute atomic E-state index is 13.6. The Morgan fingerprint density at radius 3 is 2.48 bits per heavy atom. The van der Waals surface area contributed by atoms with Gasteiger partial charge in [-0.2, -0.15) is 17.6 Å². The molecule has 0 spiro atoms. The van der Waals surface area contributed by atoms with Crippen molar-refractivity contribution >= 4 is 12.2 Å². The first-order valence-electron chi connectivity index (χ1n) is 6.93. The van der Waals surface area contributed by atoms with Crippen molar-refractivity contribution in [2.24, 2.45) is 0 Å². The lowest BCUT2D eigenvalue weighted by atomic mass is 10.0. The average molecular weight is 381 g/mol. The van der Waals surface area contributed by atoms with Crippen LogP contribution in [0.4, 0.5) is 17.6 Å². The van der Waals surface area contributed by atoms with Gasteiger partial charge < -0.3 is 25.0 Å². The van der Waals surface area contributed by atoms with Gasteiger partial charge in [-0.3, -0.25) is 0 Å². The number of alkyl halides is 3. The van der Waals surface area contributed by atoms with Crippen LogP contribution in [0.5, 0.6) is 0 Å². The molecule has 136 valence electrons. The molecule has 1 saturated heterocycles. The zero-order valence-corrected chi connectivity index (χ0v) is 13.0. The number of nitrogens with zero attached hydrogens (tertiary/aromatic N) is 2.